The van der Waals surface area contributed by atoms with E-state index in [1.807, 2.05) is 11.9 Å². The van der Waals surface area contributed by atoms with Gasteiger partial charge in [0.05, 0.1) is 13.2 Å². The number of amides is 1. The molecule has 0 aliphatic rings. The molecule has 0 aromatic carbocycles. The van der Waals surface area contributed by atoms with E-state index in [-0.39, 0.29) is 6.61 Å². The van der Waals surface area contributed by atoms with Gasteiger partial charge in [0.2, 0.25) is 5.91 Å². The number of rotatable bonds is 9. The van der Waals surface area contributed by atoms with Gasteiger partial charge in [0.1, 0.15) is 0 Å². The van der Waals surface area contributed by atoms with Gasteiger partial charge in [-0.25, -0.2) is 4.79 Å². The zero-order chi connectivity index (χ0) is 14.0. The van der Waals surface area contributed by atoms with Crippen molar-refractivity contribution >= 4 is 11.9 Å². The average molecular weight is 261 g/mol. The number of methoxy groups -OCH3 is 1. The summed E-state index contributed by atoms with van der Waals surface area (Å²) >= 11 is 0. The highest BCUT2D eigenvalue weighted by Gasteiger charge is 2.22. The second kappa shape index (κ2) is 9.81. The monoisotopic (exact) mass is 261 g/mol. The minimum absolute atomic E-state index is 0.208. The number of carbonyl (C=O) groups is 2. The Morgan fingerprint density at radius 1 is 1.39 bits per heavy atom. The fourth-order valence-electron chi connectivity index (χ4n) is 1.18. The van der Waals surface area contributed by atoms with Crippen LogP contribution in [-0.2, 0) is 19.1 Å². The lowest BCUT2D eigenvalue weighted by Crippen LogP contribution is -2.48. The Morgan fingerprint density at radius 3 is 2.61 bits per heavy atom. The van der Waals surface area contributed by atoms with Gasteiger partial charge in [0.15, 0.2) is 6.04 Å². The highest BCUT2D eigenvalue weighted by Crippen LogP contribution is 1.87. The molecule has 7 heteroatoms. The molecule has 0 radical (unpaired) electrons. The molecule has 7 nitrogen and oxygen atoms in total. The van der Waals surface area contributed by atoms with Crippen molar-refractivity contribution in [2.45, 2.75) is 13.0 Å². The molecule has 0 spiro atoms. The molecule has 0 heterocycles. The number of nitrogens with zero attached hydrogens (tertiary/aromatic N) is 1. The number of likely N-dealkylation sites (N-methyl/N-ethyl adjacent to an activating group) is 1. The first-order valence-corrected chi connectivity index (χ1v) is 5.90. The Balaban J connectivity index is 3.79. The van der Waals surface area contributed by atoms with E-state index in [0.29, 0.717) is 19.7 Å². The second-order valence-electron chi connectivity index (χ2n) is 3.82. The molecule has 0 bridgehead atoms. The number of nitrogens with one attached hydrogen (secondary N) is 1. The van der Waals surface area contributed by atoms with Crippen LogP contribution in [0, 0.1) is 0 Å². The van der Waals surface area contributed by atoms with E-state index < -0.39 is 17.9 Å². The maximum absolute atomic E-state index is 11.5. The number of nitrogens with two attached hydrogens (primary N) is 1. The Kier molecular flexibility index (Phi) is 9.17. The van der Waals surface area contributed by atoms with Gasteiger partial charge in [-0.05, 0) is 14.0 Å². The van der Waals surface area contributed by atoms with Crippen molar-refractivity contribution in [2.75, 3.05) is 47.0 Å². The lowest BCUT2D eigenvalue weighted by atomic mass is 10.3. The normalized spacial score (nSPS) is 12.3. The lowest BCUT2D eigenvalue weighted by molar-refractivity contribution is -0.147. The summed E-state index contributed by atoms with van der Waals surface area (Å²) in [5, 5.41) is 2.58. The van der Waals surface area contributed by atoms with Crippen LogP contribution in [0.5, 0.6) is 0 Å². The molecule has 3 N–H and O–H groups in total. The SMILES string of the molecule is CCOC(=O)C(N)C(=O)NCCN(C)CCOC. The number of ether oxygens (including phenoxy) is 2. The van der Waals surface area contributed by atoms with Crippen molar-refractivity contribution in [3.05, 3.63) is 0 Å². The fourth-order valence-corrected chi connectivity index (χ4v) is 1.18. The Labute approximate surface area is 108 Å². The van der Waals surface area contributed by atoms with Gasteiger partial charge in [0, 0.05) is 26.7 Å². The highest BCUT2D eigenvalue weighted by molar-refractivity contribution is 6.01. The molecule has 0 fully saturated rings. The molecular formula is C11H23N3O4. The number of hydrogen-bond acceptors (Lipinski definition) is 6. The number of esters is 1. The van der Waals surface area contributed by atoms with Gasteiger partial charge < -0.3 is 25.4 Å². The Morgan fingerprint density at radius 2 is 2.06 bits per heavy atom. The van der Waals surface area contributed by atoms with E-state index in [9.17, 15) is 9.59 Å². The van der Waals surface area contributed by atoms with Crippen LogP contribution in [0.2, 0.25) is 0 Å². The van der Waals surface area contributed by atoms with Crippen molar-refractivity contribution in [1.82, 2.24) is 10.2 Å². The van der Waals surface area contributed by atoms with Crippen LogP contribution < -0.4 is 11.1 Å². The molecule has 0 saturated heterocycles. The van der Waals surface area contributed by atoms with E-state index in [2.05, 4.69) is 10.1 Å². The molecular weight excluding hydrogens is 238 g/mol. The number of carbonyl (C=O) groups excluding carboxylic acids is 2. The van der Waals surface area contributed by atoms with E-state index >= 15 is 0 Å². The van der Waals surface area contributed by atoms with Crippen LogP contribution in [0.25, 0.3) is 0 Å². The van der Waals surface area contributed by atoms with Crippen molar-refractivity contribution in [3.8, 4) is 0 Å². The third-order valence-corrected chi connectivity index (χ3v) is 2.29. The van der Waals surface area contributed by atoms with Gasteiger partial charge in [-0.15, -0.1) is 0 Å². The molecule has 1 unspecified atom stereocenters. The molecule has 0 saturated carbocycles. The van der Waals surface area contributed by atoms with Crippen LogP contribution in [0.1, 0.15) is 6.92 Å². The first-order valence-electron chi connectivity index (χ1n) is 5.90. The summed E-state index contributed by atoms with van der Waals surface area (Å²) < 4.78 is 9.58. The summed E-state index contributed by atoms with van der Waals surface area (Å²) in [4.78, 5) is 24.7. The molecule has 18 heavy (non-hydrogen) atoms. The molecule has 0 aromatic heterocycles. The van der Waals surface area contributed by atoms with Crippen LogP contribution in [0.3, 0.4) is 0 Å². The molecule has 106 valence electrons. The minimum atomic E-state index is -1.26. The smallest absolute Gasteiger partial charge is 0.332 e. The lowest BCUT2D eigenvalue weighted by Gasteiger charge is -2.17. The van der Waals surface area contributed by atoms with Crippen LogP contribution in [0.15, 0.2) is 0 Å². The van der Waals surface area contributed by atoms with Crippen LogP contribution in [0.4, 0.5) is 0 Å². The molecule has 1 amide bonds. The second-order valence-corrected chi connectivity index (χ2v) is 3.82. The summed E-state index contributed by atoms with van der Waals surface area (Å²) in [5.41, 5.74) is 5.42. The first kappa shape index (κ1) is 16.8. The molecule has 0 aliphatic heterocycles. The predicted molar refractivity (Wildman–Crippen MR) is 67.0 cm³/mol. The van der Waals surface area contributed by atoms with E-state index in [1.54, 1.807) is 14.0 Å². The van der Waals surface area contributed by atoms with Crippen LogP contribution >= 0.6 is 0 Å². The van der Waals surface area contributed by atoms with Gasteiger partial charge >= 0.3 is 5.97 Å². The molecule has 0 rings (SSSR count). The zero-order valence-electron chi connectivity index (χ0n) is 11.3. The van der Waals surface area contributed by atoms with Gasteiger partial charge in [-0.2, -0.15) is 0 Å². The minimum Gasteiger partial charge on any atom is -0.464 e. The van der Waals surface area contributed by atoms with Crippen molar-refractivity contribution in [1.29, 1.82) is 0 Å². The average Bonchev–Trinajstić information content (AvgIpc) is 2.35. The summed E-state index contributed by atoms with van der Waals surface area (Å²) in [6.07, 6.45) is 0. The topological polar surface area (TPSA) is 93.9 Å². The largest absolute Gasteiger partial charge is 0.464 e. The molecule has 1 atom stereocenters. The maximum atomic E-state index is 11.5. The maximum Gasteiger partial charge on any atom is 0.332 e. The summed E-state index contributed by atoms with van der Waals surface area (Å²) in [6, 6.07) is -1.26. The predicted octanol–water partition coefficient (Wildman–Crippen LogP) is -1.43. The van der Waals surface area contributed by atoms with Crippen LogP contribution in [-0.4, -0.2) is 69.8 Å². The first-order chi connectivity index (χ1) is 8.52. The summed E-state index contributed by atoms with van der Waals surface area (Å²) in [5.74, 6) is -1.23. The van der Waals surface area contributed by atoms with Gasteiger partial charge in [-0.1, -0.05) is 0 Å². The Hall–Kier alpha value is -1.18. The van der Waals surface area contributed by atoms with E-state index in [4.69, 9.17) is 10.5 Å². The van der Waals surface area contributed by atoms with E-state index in [1.165, 1.54) is 0 Å². The molecule has 0 aromatic rings. The zero-order valence-corrected chi connectivity index (χ0v) is 11.3. The van der Waals surface area contributed by atoms with Crippen molar-refractivity contribution in [3.63, 3.8) is 0 Å². The van der Waals surface area contributed by atoms with Crippen molar-refractivity contribution < 1.29 is 19.1 Å². The third kappa shape index (κ3) is 7.21. The summed E-state index contributed by atoms with van der Waals surface area (Å²) in [7, 11) is 3.55. The quantitative estimate of drug-likeness (QED) is 0.390. The third-order valence-electron chi connectivity index (χ3n) is 2.29. The highest BCUT2D eigenvalue weighted by atomic mass is 16.5. The standard InChI is InChI=1S/C11H23N3O4/c1-4-18-11(16)9(12)10(15)13-5-6-14(2)7-8-17-3/h9H,4-8,12H2,1-3H3,(H,13,15). The van der Waals surface area contributed by atoms with Crippen molar-refractivity contribution in [2.24, 2.45) is 5.73 Å². The Bertz CT molecular complexity index is 261. The molecule has 0 aliphatic carbocycles. The van der Waals surface area contributed by atoms with Gasteiger partial charge in [-0.3, -0.25) is 4.79 Å². The fraction of sp³-hybridized carbons (Fsp3) is 0.818. The number of hydrogen-bond donors (Lipinski definition) is 2. The van der Waals surface area contributed by atoms with E-state index in [0.717, 1.165) is 6.54 Å². The summed E-state index contributed by atoms with van der Waals surface area (Å²) in [6.45, 7) is 4.35. The van der Waals surface area contributed by atoms with Gasteiger partial charge in [0.25, 0.3) is 0 Å².